The lowest BCUT2D eigenvalue weighted by Crippen LogP contribution is -2.16. The highest BCUT2D eigenvalue weighted by Gasteiger charge is 2.18. The van der Waals surface area contributed by atoms with Gasteiger partial charge in [0.15, 0.2) is 22.1 Å². The molecule has 134 valence electrons. The average molecular weight is 378 g/mol. The molecule has 4 rings (SSSR count). The quantitative estimate of drug-likeness (QED) is 0.519. The van der Waals surface area contributed by atoms with E-state index in [1.54, 1.807) is 28.8 Å². The van der Waals surface area contributed by atoms with Crippen LogP contribution in [-0.2, 0) is 6.54 Å². The van der Waals surface area contributed by atoms with Gasteiger partial charge in [-0.2, -0.15) is 4.99 Å². The molecule has 27 heavy (non-hydrogen) atoms. The first kappa shape index (κ1) is 17.1. The largest absolute Gasteiger partial charge is 0.454 e. The molecule has 3 aromatic rings. The molecule has 0 atom stereocenters. The fourth-order valence-corrected chi connectivity index (χ4v) is 3.83. The summed E-state index contributed by atoms with van der Waals surface area (Å²) in [7, 11) is 0. The van der Waals surface area contributed by atoms with Crippen molar-refractivity contribution in [3.8, 4) is 23.8 Å². The van der Waals surface area contributed by atoms with Crippen molar-refractivity contribution in [3.63, 3.8) is 0 Å². The normalized spacial score (nSPS) is 13.0. The van der Waals surface area contributed by atoms with Crippen molar-refractivity contribution in [3.05, 3.63) is 52.3 Å². The van der Waals surface area contributed by atoms with E-state index >= 15 is 0 Å². The van der Waals surface area contributed by atoms with Gasteiger partial charge < -0.3 is 14.0 Å². The number of ketones is 1. The third kappa shape index (κ3) is 3.11. The summed E-state index contributed by atoms with van der Waals surface area (Å²) in [5, 5.41) is 0. The van der Waals surface area contributed by atoms with E-state index in [0.717, 1.165) is 10.2 Å². The van der Waals surface area contributed by atoms with Crippen LogP contribution >= 0.6 is 11.3 Å². The molecule has 0 bridgehead atoms. The summed E-state index contributed by atoms with van der Waals surface area (Å²) < 4.78 is 13.5. The van der Waals surface area contributed by atoms with Gasteiger partial charge in [-0.15, -0.1) is 6.42 Å². The summed E-state index contributed by atoms with van der Waals surface area (Å²) in [5.41, 5.74) is 1.78. The number of Topliss-reactive ketones (excluding diaryl/α,β-unsaturated/α-hetero) is 1. The third-order valence-corrected chi connectivity index (χ3v) is 5.20. The second kappa shape index (κ2) is 6.74. The van der Waals surface area contributed by atoms with Gasteiger partial charge in [-0.3, -0.25) is 9.59 Å². The Balaban J connectivity index is 1.80. The predicted octanol–water partition coefficient (Wildman–Crippen LogP) is 3.01. The summed E-state index contributed by atoms with van der Waals surface area (Å²) >= 11 is 1.35. The molecule has 1 aliphatic rings. The standard InChI is InChI=1S/C20H14N2O4S/c1-3-8-22-15-9-16-17(26-11-25-16)10-18(15)27-20(22)21-19(24)14-6-4-13(5-7-14)12(2)23/h1,4-7,9-10H,8,11H2,2H3. The van der Waals surface area contributed by atoms with Gasteiger partial charge in [-0.25, -0.2) is 0 Å². The average Bonchev–Trinajstić information content (AvgIpc) is 3.24. The van der Waals surface area contributed by atoms with Crippen LogP contribution in [-0.4, -0.2) is 23.1 Å². The SMILES string of the molecule is C#CCn1c(=NC(=O)c2ccc(C(C)=O)cc2)sc2cc3c(cc21)OCO3. The highest BCUT2D eigenvalue weighted by Crippen LogP contribution is 2.36. The molecule has 0 radical (unpaired) electrons. The summed E-state index contributed by atoms with van der Waals surface area (Å²) in [6.45, 7) is 1.94. The zero-order valence-corrected chi connectivity index (χ0v) is 15.2. The molecule has 1 aromatic heterocycles. The van der Waals surface area contributed by atoms with E-state index in [4.69, 9.17) is 15.9 Å². The lowest BCUT2D eigenvalue weighted by molar-refractivity contribution is 0.0991. The second-order valence-corrected chi connectivity index (χ2v) is 6.91. The van der Waals surface area contributed by atoms with Gasteiger partial charge in [-0.1, -0.05) is 29.4 Å². The summed E-state index contributed by atoms with van der Waals surface area (Å²) in [4.78, 5) is 28.7. The van der Waals surface area contributed by atoms with Crippen LogP contribution in [0.3, 0.4) is 0 Å². The topological polar surface area (TPSA) is 69.9 Å². The second-order valence-electron chi connectivity index (χ2n) is 5.90. The maximum Gasteiger partial charge on any atom is 0.279 e. The van der Waals surface area contributed by atoms with Crippen molar-refractivity contribution < 1.29 is 19.1 Å². The number of aromatic nitrogens is 1. The van der Waals surface area contributed by atoms with Crippen molar-refractivity contribution in [1.82, 2.24) is 4.57 Å². The van der Waals surface area contributed by atoms with E-state index in [-0.39, 0.29) is 19.1 Å². The number of amides is 1. The molecule has 1 amide bonds. The number of rotatable bonds is 3. The Morgan fingerprint density at radius 1 is 1.19 bits per heavy atom. The van der Waals surface area contributed by atoms with Crippen molar-refractivity contribution in [2.75, 3.05) is 6.79 Å². The molecule has 0 unspecified atom stereocenters. The van der Waals surface area contributed by atoms with E-state index in [9.17, 15) is 9.59 Å². The minimum Gasteiger partial charge on any atom is -0.454 e. The maximum atomic E-state index is 12.6. The Kier molecular flexibility index (Phi) is 4.26. The summed E-state index contributed by atoms with van der Waals surface area (Å²) in [5.74, 6) is 3.44. The Morgan fingerprint density at radius 2 is 1.85 bits per heavy atom. The highest BCUT2D eigenvalue weighted by molar-refractivity contribution is 7.16. The first-order valence-corrected chi connectivity index (χ1v) is 8.95. The zero-order chi connectivity index (χ0) is 19.0. The van der Waals surface area contributed by atoms with Gasteiger partial charge >= 0.3 is 0 Å². The number of ether oxygens (including phenoxy) is 2. The number of carbonyl (C=O) groups is 2. The van der Waals surface area contributed by atoms with Gasteiger partial charge in [-0.05, 0) is 19.1 Å². The van der Waals surface area contributed by atoms with Crippen LogP contribution in [0.25, 0.3) is 10.2 Å². The van der Waals surface area contributed by atoms with Gasteiger partial charge in [0.1, 0.15) is 0 Å². The minimum absolute atomic E-state index is 0.0557. The molecule has 0 aliphatic carbocycles. The number of terminal acetylenes is 1. The van der Waals surface area contributed by atoms with E-state index < -0.39 is 5.91 Å². The highest BCUT2D eigenvalue weighted by atomic mass is 32.1. The molecule has 2 heterocycles. The van der Waals surface area contributed by atoms with Gasteiger partial charge in [0.25, 0.3) is 5.91 Å². The van der Waals surface area contributed by atoms with Crippen molar-refractivity contribution in [2.45, 2.75) is 13.5 Å². The smallest absolute Gasteiger partial charge is 0.279 e. The van der Waals surface area contributed by atoms with Crippen LogP contribution in [0.15, 0.2) is 41.4 Å². The number of hydrogen-bond acceptors (Lipinski definition) is 5. The first-order chi connectivity index (χ1) is 13.1. The molecule has 0 fully saturated rings. The number of benzene rings is 2. The molecule has 0 spiro atoms. The molecular weight excluding hydrogens is 364 g/mol. The predicted molar refractivity (Wildman–Crippen MR) is 101 cm³/mol. The van der Waals surface area contributed by atoms with Crippen LogP contribution in [0.1, 0.15) is 27.6 Å². The van der Waals surface area contributed by atoms with E-state index in [1.807, 2.05) is 12.1 Å². The Bertz CT molecular complexity index is 1180. The molecule has 1 aliphatic heterocycles. The van der Waals surface area contributed by atoms with Crippen molar-refractivity contribution >= 4 is 33.2 Å². The van der Waals surface area contributed by atoms with E-state index in [1.165, 1.54) is 18.3 Å². The third-order valence-electron chi connectivity index (χ3n) is 4.16. The lowest BCUT2D eigenvalue weighted by Gasteiger charge is -2.01. The van der Waals surface area contributed by atoms with Crippen molar-refractivity contribution in [2.24, 2.45) is 4.99 Å². The number of thiazole rings is 1. The number of carbonyl (C=O) groups excluding carboxylic acids is 2. The summed E-state index contributed by atoms with van der Waals surface area (Å²) in [6.07, 6.45) is 5.50. The minimum atomic E-state index is -0.400. The fraction of sp³-hybridized carbons (Fsp3) is 0.150. The molecule has 7 heteroatoms. The van der Waals surface area contributed by atoms with Gasteiger partial charge in [0, 0.05) is 23.3 Å². The molecule has 6 nitrogen and oxygen atoms in total. The molecule has 2 aromatic carbocycles. The van der Waals surface area contributed by atoms with Crippen LogP contribution in [0.2, 0.25) is 0 Å². The Hall–Kier alpha value is -3.37. The number of fused-ring (bicyclic) bond motifs is 2. The molecule has 0 N–H and O–H groups in total. The molecule has 0 saturated carbocycles. The van der Waals surface area contributed by atoms with Crippen LogP contribution < -0.4 is 14.3 Å². The fourth-order valence-electron chi connectivity index (χ4n) is 2.79. The molecule has 0 saturated heterocycles. The Morgan fingerprint density at radius 3 is 2.52 bits per heavy atom. The maximum absolute atomic E-state index is 12.6. The van der Waals surface area contributed by atoms with Gasteiger partial charge in [0.2, 0.25) is 6.79 Å². The van der Waals surface area contributed by atoms with Gasteiger partial charge in [0.05, 0.1) is 16.8 Å². The number of hydrogen-bond donors (Lipinski definition) is 0. The Labute approximate surface area is 158 Å². The molecular formula is C20H14N2O4S. The van der Waals surface area contributed by atoms with E-state index in [2.05, 4.69) is 10.9 Å². The lowest BCUT2D eigenvalue weighted by atomic mass is 10.1. The summed E-state index contributed by atoms with van der Waals surface area (Å²) in [6, 6.07) is 10.1. The monoisotopic (exact) mass is 378 g/mol. The zero-order valence-electron chi connectivity index (χ0n) is 14.4. The number of nitrogens with zero attached hydrogens (tertiary/aromatic N) is 2. The van der Waals surface area contributed by atoms with Crippen LogP contribution in [0, 0.1) is 12.3 Å². The van der Waals surface area contributed by atoms with E-state index in [0.29, 0.717) is 27.4 Å². The van der Waals surface area contributed by atoms with Crippen molar-refractivity contribution in [1.29, 1.82) is 0 Å². The van der Waals surface area contributed by atoms with Crippen LogP contribution in [0.5, 0.6) is 11.5 Å². The first-order valence-electron chi connectivity index (χ1n) is 8.13. The van der Waals surface area contributed by atoms with Crippen LogP contribution in [0.4, 0.5) is 0 Å².